The number of aromatic nitrogens is 2. The first-order valence-electron chi connectivity index (χ1n) is 18.8. The van der Waals surface area contributed by atoms with Gasteiger partial charge in [-0.2, -0.15) is 0 Å². The van der Waals surface area contributed by atoms with Gasteiger partial charge in [0.2, 0.25) is 0 Å². The third-order valence-corrected chi connectivity index (χ3v) is 10.6. The van der Waals surface area contributed by atoms with Crippen LogP contribution in [0.1, 0.15) is 105 Å². The molecule has 270 valence electrons. The molecule has 0 amide bonds. The van der Waals surface area contributed by atoms with Crippen LogP contribution in [0, 0.1) is 0 Å². The van der Waals surface area contributed by atoms with Crippen LogP contribution in [-0.2, 0) is 29.8 Å². The molecule has 0 saturated heterocycles. The number of phenols is 1. The number of carbonyl (C=O) groups excluding carboxylic acids is 1. The number of carbonyl (C=O) groups is 1. The van der Waals surface area contributed by atoms with Gasteiger partial charge in [-0.3, -0.25) is 10.1 Å². The quantitative estimate of drug-likeness (QED) is 0.0440. The van der Waals surface area contributed by atoms with Gasteiger partial charge >= 0.3 is 0 Å². The normalized spacial score (nSPS) is 15.3. The van der Waals surface area contributed by atoms with E-state index in [2.05, 4.69) is 84.3 Å². The Morgan fingerprint density at radius 2 is 1.82 bits per heavy atom. The highest BCUT2D eigenvalue weighted by molar-refractivity contribution is 5.85. The Morgan fingerprint density at radius 3 is 2.63 bits per heavy atom. The number of ketones is 1. The zero-order valence-corrected chi connectivity index (χ0v) is 29.9. The van der Waals surface area contributed by atoms with Crippen molar-refractivity contribution in [3.05, 3.63) is 119 Å². The van der Waals surface area contributed by atoms with Crippen LogP contribution < -0.4 is 15.8 Å². The summed E-state index contributed by atoms with van der Waals surface area (Å²) >= 11 is 0. The summed E-state index contributed by atoms with van der Waals surface area (Å²) in [7, 11) is 0. The molecular formula is C43H54N4O4. The number of Topliss-reactive ketones (excluding diaryl/α,β-unsaturated/α-hetero) is 1. The van der Waals surface area contributed by atoms with Crippen molar-refractivity contribution in [2.75, 3.05) is 6.54 Å². The fourth-order valence-electron chi connectivity index (χ4n) is 7.75. The number of aliphatic hydroxyl groups is 1. The van der Waals surface area contributed by atoms with Crippen molar-refractivity contribution in [2.45, 2.75) is 108 Å². The maximum Gasteiger partial charge on any atom is 0.165 e. The second-order valence-corrected chi connectivity index (χ2v) is 14.4. The molecule has 0 aliphatic heterocycles. The summed E-state index contributed by atoms with van der Waals surface area (Å²) in [4.78, 5) is 16.0. The Hall–Kier alpha value is -4.37. The number of phenolic OH excluding ortho intramolecular Hbond substituents is 1. The molecule has 0 bridgehead atoms. The van der Waals surface area contributed by atoms with E-state index in [0.717, 1.165) is 61.7 Å². The number of rotatable bonds is 19. The van der Waals surface area contributed by atoms with E-state index in [4.69, 9.17) is 10.5 Å². The van der Waals surface area contributed by atoms with Crippen LogP contribution in [0.4, 0.5) is 0 Å². The molecule has 6 rings (SSSR count). The summed E-state index contributed by atoms with van der Waals surface area (Å²) in [5.74, 6) is 0.500. The number of hydrogen-bond donors (Lipinski definition) is 5. The number of nitrogens with one attached hydrogen (secondary N) is 2. The number of fused-ring (bicyclic) bond motifs is 1. The van der Waals surface area contributed by atoms with E-state index in [-0.39, 0.29) is 36.3 Å². The molecule has 3 aromatic carbocycles. The number of ether oxygens (including phenoxy) is 1. The van der Waals surface area contributed by atoms with E-state index < -0.39 is 6.10 Å². The Balaban J connectivity index is 1.10. The first-order valence-corrected chi connectivity index (χ1v) is 18.8. The fourth-order valence-corrected chi connectivity index (χ4v) is 7.75. The van der Waals surface area contributed by atoms with Gasteiger partial charge in [-0.1, -0.05) is 99.7 Å². The van der Waals surface area contributed by atoms with Crippen molar-refractivity contribution in [2.24, 2.45) is 5.73 Å². The second-order valence-electron chi connectivity index (χ2n) is 14.4. The number of aliphatic hydroxyl groups excluding tert-OH is 1. The monoisotopic (exact) mass is 690 g/mol. The molecule has 6 N–H and O–H groups in total. The SMILES string of the molecule is CCCCCC(O)CC(=O)CCc1ccc(O)c(OCn2cc3[nH]cc(C4(c5cccc(C(N)NCCc6ccccc6)c5)CCCC4)c3c2)c1. The topological polar surface area (TPSA) is 126 Å². The molecule has 2 atom stereocenters. The lowest BCUT2D eigenvalue weighted by molar-refractivity contribution is -0.121. The number of H-pyrrole nitrogens is 1. The highest BCUT2D eigenvalue weighted by Gasteiger charge is 2.39. The average Bonchev–Trinajstić information content (AvgIpc) is 3.89. The van der Waals surface area contributed by atoms with E-state index in [1.54, 1.807) is 6.07 Å². The second kappa shape index (κ2) is 17.2. The first-order chi connectivity index (χ1) is 24.8. The summed E-state index contributed by atoms with van der Waals surface area (Å²) in [6.07, 6.45) is 15.8. The molecule has 51 heavy (non-hydrogen) atoms. The molecule has 2 heterocycles. The molecule has 1 aliphatic rings. The van der Waals surface area contributed by atoms with Crippen LogP contribution >= 0.6 is 0 Å². The van der Waals surface area contributed by atoms with Gasteiger partial charge in [0.15, 0.2) is 18.2 Å². The molecule has 1 saturated carbocycles. The molecule has 5 aromatic rings. The summed E-state index contributed by atoms with van der Waals surface area (Å²) < 4.78 is 8.13. The number of benzene rings is 3. The van der Waals surface area contributed by atoms with E-state index >= 15 is 0 Å². The number of aryl methyl sites for hydroxylation is 1. The Labute approximate surface area is 302 Å². The van der Waals surface area contributed by atoms with Crippen LogP contribution in [0.25, 0.3) is 10.9 Å². The molecule has 0 spiro atoms. The van der Waals surface area contributed by atoms with Crippen molar-refractivity contribution < 1.29 is 19.7 Å². The first kappa shape index (κ1) is 36.4. The summed E-state index contributed by atoms with van der Waals surface area (Å²) in [5.41, 5.74) is 13.5. The zero-order valence-electron chi connectivity index (χ0n) is 29.9. The number of nitrogens with two attached hydrogens (primary N) is 1. The van der Waals surface area contributed by atoms with Crippen molar-refractivity contribution >= 4 is 16.7 Å². The van der Waals surface area contributed by atoms with Crippen molar-refractivity contribution in [3.8, 4) is 11.5 Å². The Kier molecular flexibility index (Phi) is 12.3. The van der Waals surface area contributed by atoms with Crippen molar-refractivity contribution in [3.63, 3.8) is 0 Å². The maximum atomic E-state index is 12.5. The number of hydrogen-bond acceptors (Lipinski definition) is 6. The lowest BCUT2D eigenvalue weighted by Gasteiger charge is -2.30. The van der Waals surface area contributed by atoms with E-state index in [1.807, 2.05) is 22.8 Å². The van der Waals surface area contributed by atoms with E-state index in [0.29, 0.717) is 25.0 Å². The van der Waals surface area contributed by atoms with Gasteiger partial charge in [0.1, 0.15) is 5.78 Å². The van der Waals surface area contributed by atoms with Gasteiger partial charge in [-0.15, -0.1) is 0 Å². The predicted octanol–water partition coefficient (Wildman–Crippen LogP) is 8.19. The van der Waals surface area contributed by atoms with Crippen LogP contribution in [-0.4, -0.2) is 38.2 Å². The van der Waals surface area contributed by atoms with Crippen molar-refractivity contribution in [1.29, 1.82) is 0 Å². The summed E-state index contributed by atoms with van der Waals surface area (Å²) in [6.45, 7) is 3.16. The van der Waals surface area contributed by atoms with Crippen LogP contribution in [0.3, 0.4) is 0 Å². The molecule has 8 heteroatoms. The van der Waals surface area contributed by atoms with Crippen LogP contribution in [0.15, 0.2) is 91.4 Å². The highest BCUT2D eigenvalue weighted by atomic mass is 16.5. The number of aromatic amines is 1. The van der Waals surface area contributed by atoms with Crippen LogP contribution in [0.2, 0.25) is 0 Å². The Morgan fingerprint density at radius 1 is 1.00 bits per heavy atom. The third kappa shape index (κ3) is 9.11. The minimum Gasteiger partial charge on any atom is -0.504 e. The maximum absolute atomic E-state index is 12.5. The molecule has 1 aliphatic carbocycles. The standard InChI is InChI=1S/C43H54N4O4/c1-2-3-5-15-35(48)26-36(49)18-16-32-17-19-40(50)41(24-32)51-30-47-28-37-38(27-46-39(37)29-47)43(21-8-9-22-43)34-14-10-13-33(25-34)42(44)45-23-20-31-11-6-4-7-12-31/h4,6-7,10-14,17,19,24-25,27-29,35,42,45-46,48,50H,2-3,5,8-9,15-16,18,20-23,26,30,44H2,1H3. The van der Waals surface area contributed by atoms with Gasteiger partial charge < -0.3 is 30.2 Å². The Bertz CT molecular complexity index is 1860. The minimum absolute atomic E-state index is 0.0536. The molecule has 1 fully saturated rings. The predicted molar refractivity (Wildman–Crippen MR) is 204 cm³/mol. The van der Waals surface area contributed by atoms with Gasteiger partial charge in [0, 0.05) is 48.8 Å². The zero-order chi connectivity index (χ0) is 35.6. The lowest BCUT2D eigenvalue weighted by Crippen LogP contribution is -2.31. The molecule has 2 unspecified atom stereocenters. The van der Waals surface area contributed by atoms with Gasteiger partial charge in [0.05, 0.1) is 17.8 Å². The molecular weight excluding hydrogens is 636 g/mol. The van der Waals surface area contributed by atoms with Crippen LogP contribution in [0.5, 0.6) is 11.5 Å². The van der Waals surface area contributed by atoms with Gasteiger partial charge in [-0.25, -0.2) is 0 Å². The van der Waals surface area contributed by atoms with Gasteiger partial charge in [-0.05, 0) is 72.1 Å². The molecule has 8 nitrogen and oxygen atoms in total. The summed E-state index contributed by atoms with van der Waals surface area (Å²) in [6, 6.07) is 24.5. The number of nitrogens with zero attached hydrogens (tertiary/aromatic N) is 1. The average molecular weight is 691 g/mol. The molecule has 2 aromatic heterocycles. The minimum atomic E-state index is -0.569. The fraction of sp³-hybridized carbons (Fsp3) is 0.419. The smallest absolute Gasteiger partial charge is 0.165 e. The third-order valence-electron chi connectivity index (χ3n) is 10.6. The van der Waals surface area contributed by atoms with E-state index in [1.165, 1.54) is 34.9 Å². The van der Waals surface area contributed by atoms with E-state index in [9.17, 15) is 15.0 Å². The van der Waals surface area contributed by atoms with Crippen molar-refractivity contribution in [1.82, 2.24) is 14.9 Å². The highest BCUT2D eigenvalue weighted by Crippen LogP contribution is 2.49. The number of aromatic hydroxyl groups is 1. The van der Waals surface area contributed by atoms with Gasteiger partial charge in [0.25, 0.3) is 0 Å². The lowest BCUT2D eigenvalue weighted by atomic mass is 9.73. The largest absolute Gasteiger partial charge is 0.504 e. The summed E-state index contributed by atoms with van der Waals surface area (Å²) in [5, 5.41) is 25.4. The molecule has 0 radical (unpaired) electrons. The number of unbranched alkanes of at least 4 members (excludes halogenated alkanes) is 2.